The number of nitrogens with zero attached hydrogens (tertiary/aromatic N) is 2. The van der Waals surface area contributed by atoms with E-state index in [0.717, 1.165) is 13.0 Å². The van der Waals surface area contributed by atoms with Crippen LogP contribution in [0.1, 0.15) is 20.3 Å². The minimum absolute atomic E-state index is 0.458. The average Bonchev–Trinajstić information content (AvgIpc) is 2.36. The van der Waals surface area contributed by atoms with Crippen molar-refractivity contribution >= 4 is 5.82 Å². The van der Waals surface area contributed by atoms with Crippen LogP contribution in [-0.4, -0.2) is 30.2 Å². The van der Waals surface area contributed by atoms with Crippen LogP contribution in [0.2, 0.25) is 0 Å². The molecule has 0 saturated carbocycles. The molecule has 0 spiro atoms. The van der Waals surface area contributed by atoms with Crippen LogP contribution in [0.4, 0.5) is 5.82 Å². The first-order chi connectivity index (χ1) is 8.33. The van der Waals surface area contributed by atoms with Gasteiger partial charge in [0.1, 0.15) is 12.9 Å². The highest BCUT2D eigenvalue weighted by atomic mass is 16.5. The molecule has 0 fully saturated rings. The number of hydrogen-bond acceptors (Lipinski definition) is 5. The van der Waals surface area contributed by atoms with E-state index >= 15 is 0 Å². The van der Waals surface area contributed by atoms with Crippen molar-refractivity contribution in [1.29, 1.82) is 0 Å². The zero-order valence-electron chi connectivity index (χ0n) is 10.6. The van der Waals surface area contributed by atoms with Crippen LogP contribution in [0, 0.1) is 0 Å². The molecule has 0 bridgehead atoms. The summed E-state index contributed by atoms with van der Waals surface area (Å²) >= 11 is 0. The summed E-state index contributed by atoms with van der Waals surface area (Å²) in [5, 5.41) is 3.17. The summed E-state index contributed by atoms with van der Waals surface area (Å²) in [6.45, 7) is 5.33. The number of aromatic nitrogens is 2. The Morgan fingerprint density at radius 1 is 1.41 bits per heavy atom. The van der Waals surface area contributed by atoms with Gasteiger partial charge in [-0.3, -0.25) is 0 Å². The molecule has 1 heterocycles. The van der Waals surface area contributed by atoms with Crippen LogP contribution in [0.3, 0.4) is 0 Å². The Hall–Kier alpha value is -1.78. The standard InChI is InChI=1S/C12H19N3O2/c1-4-6-8-17-12-10(16-3)11(13-7-5-2)14-9-15-12/h4,6,9H,5,7-8H2,1-3H3,(H,13,14,15)/b6-4+. The van der Waals surface area contributed by atoms with Crippen molar-refractivity contribution < 1.29 is 9.47 Å². The number of methoxy groups -OCH3 is 1. The highest BCUT2D eigenvalue weighted by Crippen LogP contribution is 2.30. The predicted octanol–water partition coefficient (Wildman–Crippen LogP) is 2.26. The van der Waals surface area contributed by atoms with Crippen molar-refractivity contribution in [3.05, 3.63) is 18.5 Å². The van der Waals surface area contributed by atoms with Crippen LogP contribution in [0.25, 0.3) is 0 Å². The fourth-order valence-corrected chi connectivity index (χ4v) is 1.24. The van der Waals surface area contributed by atoms with Crippen molar-refractivity contribution in [2.24, 2.45) is 0 Å². The van der Waals surface area contributed by atoms with Gasteiger partial charge < -0.3 is 14.8 Å². The average molecular weight is 237 g/mol. The maximum atomic E-state index is 5.49. The summed E-state index contributed by atoms with van der Waals surface area (Å²) in [7, 11) is 1.58. The van der Waals surface area contributed by atoms with E-state index in [1.807, 2.05) is 19.1 Å². The molecule has 1 aromatic heterocycles. The summed E-state index contributed by atoms with van der Waals surface area (Å²) in [6, 6.07) is 0. The Kier molecular flexibility index (Phi) is 5.85. The van der Waals surface area contributed by atoms with Crippen molar-refractivity contribution in [2.45, 2.75) is 20.3 Å². The van der Waals surface area contributed by atoms with Gasteiger partial charge in [-0.05, 0) is 13.3 Å². The van der Waals surface area contributed by atoms with E-state index in [4.69, 9.17) is 9.47 Å². The van der Waals surface area contributed by atoms with Gasteiger partial charge >= 0.3 is 0 Å². The first-order valence-electron chi connectivity index (χ1n) is 5.70. The van der Waals surface area contributed by atoms with Crippen molar-refractivity contribution in [3.8, 4) is 11.6 Å². The Morgan fingerprint density at radius 2 is 2.24 bits per heavy atom. The molecule has 1 aromatic rings. The first-order valence-corrected chi connectivity index (χ1v) is 5.70. The molecule has 0 atom stereocenters. The molecule has 0 radical (unpaired) electrons. The van der Waals surface area contributed by atoms with Crippen LogP contribution < -0.4 is 14.8 Å². The van der Waals surface area contributed by atoms with Crippen LogP contribution in [0.5, 0.6) is 11.6 Å². The lowest BCUT2D eigenvalue weighted by Gasteiger charge is -2.12. The van der Waals surface area contributed by atoms with Gasteiger partial charge in [-0.1, -0.05) is 19.1 Å². The molecule has 0 aliphatic carbocycles. The van der Waals surface area contributed by atoms with Crippen LogP contribution in [-0.2, 0) is 0 Å². The summed E-state index contributed by atoms with van der Waals surface area (Å²) in [6.07, 6.45) is 6.30. The van der Waals surface area contributed by atoms with Crippen molar-refractivity contribution in [2.75, 3.05) is 25.6 Å². The Balaban J connectivity index is 2.81. The second kappa shape index (κ2) is 7.49. The molecule has 17 heavy (non-hydrogen) atoms. The second-order valence-electron chi connectivity index (χ2n) is 3.37. The zero-order valence-corrected chi connectivity index (χ0v) is 10.6. The number of anilines is 1. The van der Waals surface area contributed by atoms with E-state index in [0.29, 0.717) is 24.1 Å². The fourth-order valence-electron chi connectivity index (χ4n) is 1.24. The van der Waals surface area contributed by atoms with Crippen LogP contribution >= 0.6 is 0 Å². The summed E-state index contributed by atoms with van der Waals surface area (Å²) in [5.74, 6) is 1.67. The topological polar surface area (TPSA) is 56.3 Å². The predicted molar refractivity (Wildman–Crippen MR) is 67.7 cm³/mol. The molecule has 1 N–H and O–H groups in total. The fraction of sp³-hybridized carbons (Fsp3) is 0.500. The quantitative estimate of drug-likeness (QED) is 0.737. The van der Waals surface area contributed by atoms with Gasteiger partial charge in [0.15, 0.2) is 5.82 Å². The second-order valence-corrected chi connectivity index (χ2v) is 3.37. The first kappa shape index (κ1) is 13.3. The zero-order chi connectivity index (χ0) is 12.5. The van der Waals surface area contributed by atoms with Gasteiger partial charge in [0.25, 0.3) is 5.88 Å². The minimum Gasteiger partial charge on any atom is -0.489 e. The van der Waals surface area contributed by atoms with E-state index in [9.17, 15) is 0 Å². The minimum atomic E-state index is 0.458. The Bertz CT molecular complexity index is 367. The van der Waals surface area contributed by atoms with Crippen molar-refractivity contribution in [3.63, 3.8) is 0 Å². The SMILES string of the molecule is C/C=C/COc1ncnc(NCCC)c1OC. The summed E-state index contributed by atoms with van der Waals surface area (Å²) < 4.78 is 10.8. The lowest BCUT2D eigenvalue weighted by molar-refractivity contribution is 0.313. The van der Waals surface area contributed by atoms with E-state index < -0.39 is 0 Å². The summed E-state index contributed by atoms with van der Waals surface area (Å²) in [4.78, 5) is 8.19. The normalized spacial score (nSPS) is 10.5. The molecule has 0 unspecified atom stereocenters. The highest BCUT2D eigenvalue weighted by molar-refractivity contribution is 5.54. The third kappa shape index (κ3) is 3.94. The highest BCUT2D eigenvalue weighted by Gasteiger charge is 2.12. The van der Waals surface area contributed by atoms with Crippen molar-refractivity contribution in [1.82, 2.24) is 9.97 Å². The molecular weight excluding hydrogens is 218 g/mol. The van der Waals surface area contributed by atoms with Gasteiger partial charge in [-0.15, -0.1) is 0 Å². The van der Waals surface area contributed by atoms with Gasteiger partial charge in [-0.25, -0.2) is 4.98 Å². The molecule has 0 aromatic carbocycles. The van der Waals surface area contributed by atoms with E-state index in [1.165, 1.54) is 6.33 Å². The van der Waals surface area contributed by atoms with E-state index in [-0.39, 0.29) is 0 Å². The molecule has 0 aliphatic rings. The molecule has 0 amide bonds. The third-order valence-corrected chi connectivity index (χ3v) is 2.07. The largest absolute Gasteiger partial charge is 0.489 e. The van der Waals surface area contributed by atoms with Gasteiger partial charge in [0.05, 0.1) is 7.11 Å². The molecule has 0 saturated heterocycles. The van der Waals surface area contributed by atoms with E-state index in [2.05, 4.69) is 22.2 Å². The monoisotopic (exact) mass is 237 g/mol. The maximum Gasteiger partial charge on any atom is 0.262 e. The summed E-state index contributed by atoms with van der Waals surface area (Å²) in [5.41, 5.74) is 0. The lowest BCUT2D eigenvalue weighted by Crippen LogP contribution is -2.07. The Morgan fingerprint density at radius 3 is 2.88 bits per heavy atom. The number of ether oxygens (including phenoxy) is 2. The smallest absolute Gasteiger partial charge is 0.262 e. The maximum absolute atomic E-state index is 5.49. The van der Waals surface area contributed by atoms with Gasteiger partial charge in [0, 0.05) is 6.54 Å². The molecular formula is C12H19N3O2. The van der Waals surface area contributed by atoms with E-state index in [1.54, 1.807) is 7.11 Å². The number of nitrogens with one attached hydrogen (secondary N) is 1. The molecule has 0 aliphatic heterocycles. The molecule has 1 rings (SSSR count). The molecule has 5 nitrogen and oxygen atoms in total. The number of rotatable bonds is 7. The molecule has 5 heteroatoms. The molecule has 94 valence electrons. The number of allylic oxidation sites excluding steroid dienone is 1. The van der Waals surface area contributed by atoms with Gasteiger partial charge in [-0.2, -0.15) is 4.98 Å². The lowest BCUT2D eigenvalue weighted by atomic mass is 10.4. The Labute approximate surface area is 102 Å². The number of hydrogen-bond donors (Lipinski definition) is 1. The van der Waals surface area contributed by atoms with Gasteiger partial charge in [0.2, 0.25) is 5.75 Å². The third-order valence-electron chi connectivity index (χ3n) is 2.07. The van der Waals surface area contributed by atoms with Crippen LogP contribution in [0.15, 0.2) is 18.5 Å².